The summed E-state index contributed by atoms with van der Waals surface area (Å²) in [5.41, 5.74) is 1.43. The Morgan fingerprint density at radius 1 is 1.33 bits per heavy atom. The Morgan fingerprint density at radius 2 is 2.11 bits per heavy atom. The summed E-state index contributed by atoms with van der Waals surface area (Å²) in [5.74, 6) is 0.956. The average Bonchev–Trinajstić information content (AvgIpc) is 3.41. The van der Waals surface area contributed by atoms with E-state index >= 15 is 0 Å². The maximum atomic E-state index is 12.4. The first-order valence-corrected chi connectivity index (χ1v) is 9.37. The Bertz CT molecular complexity index is 930. The summed E-state index contributed by atoms with van der Waals surface area (Å²) in [4.78, 5) is 25.3. The molecule has 8 nitrogen and oxygen atoms in total. The Morgan fingerprint density at radius 3 is 2.70 bits per heavy atom. The van der Waals surface area contributed by atoms with Crippen molar-refractivity contribution in [1.29, 1.82) is 5.26 Å². The van der Waals surface area contributed by atoms with Crippen LogP contribution in [0.15, 0.2) is 12.4 Å². The second-order valence-electron chi connectivity index (χ2n) is 7.15. The smallest absolute Gasteiger partial charge is 0.227 e. The fourth-order valence-corrected chi connectivity index (χ4v) is 3.65. The molecule has 0 aromatic carbocycles. The van der Waals surface area contributed by atoms with Crippen LogP contribution in [0.2, 0.25) is 5.15 Å². The van der Waals surface area contributed by atoms with E-state index in [2.05, 4.69) is 21.1 Å². The molecule has 3 heterocycles. The van der Waals surface area contributed by atoms with E-state index < -0.39 is 0 Å². The fourth-order valence-electron chi connectivity index (χ4n) is 3.45. The van der Waals surface area contributed by atoms with Crippen molar-refractivity contribution in [3.05, 3.63) is 23.1 Å². The number of rotatable bonds is 3. The molecule has 140 valence electrons. The Labute approximate surface area is 162 Å². The number of nitriles is 1. The highest BCUT2D eigenvalue weighted by atomic mass is 35.5. The number of aromatic nitrogens is 4. The topological polar surface area (TPSA) is 90.9 Å². The van der Waals surface area contributed by atoms with Crippen LogP contribution >= 0.6 is 11.6 Å². The molecule has 9 heteroatoms. The zero-order valence-electron chi connectivity index (χ0n) is 15.3. The maximum absolute atomic E-state index is 12.4. The molecular weight excluding hydrogens is 366 g/mol. The SMILES string of the molecule is CC1CN(c2nc(Cl)c(C#N)c(-c3cnn(C)c3)n2)CCN1C(=O)C1CC1. The van der Waals surface area contributed by atoms with Gasteiger partial charge in [-0.25, -0.2) is 4.98 Å². The largest absolute Gasteiger partial charge is 0.337 e. The molecule has 1 unspecified atom stereocenters. The first kappa shape index (κ1) is 17.7. The number of carbonyl (C=O) groups is 1. The van der Waals surface area contributed by atoms with Gasteiger partial charge in [0, 0.05) is 50.4 Å². The number of aryl methyl sites for hydroxylation is 1. The summed E-state index contributed by atoms with van der Waals surface area (Å²) in [7, 11) is 1.80. The molecule has 1 saturated heterocycles. The van der Waals surface area contributed by atoms with Crippen molar-refractivity contribution in [2.75, 3.05) is 24.5 Å². The number of hydrogen-bond acceptors (Lipinski definition) is 6. The number of anilines is 1. The van der Waals surface area contributed by atoms with Gasteiger partial charge >= 0.3 is 0 Å². The summed E-state index contributed by atoms with van der Waals surface area (Å²) in [6.07, 6.45) is 5.46. The van der Waals surface area contributed by atoms with Crippen molar-refractivity contribution in [1.82, 2.24) is 24.6 Å². The third-order valence-corrected chi connectivity index (χ3v) is 5.34. The van der Waals surface area contributed by atoms with E-state index in [1.54, 1.807) is 24.1 Å². The number of halogens is 1. The van der Waals surface area contributed by atoms with Crippen LogP contribution in [0.25, 0.3) is 11.3 Å². The standard InChI is InChI=1S/C18H20ClN7O/c1-11-9-25(5-6-26(11)17(27)12-3-4-12)18-22-15(13-8-21-24(2)10-13)14(7-20)16(19)23-18/h8,10-12H,3-6,9H2,1-2H3. The highest BCUT2D eigenvalue weighted by Gasteiger charge is 2.37. The molecule has 2 fully saturated rings. The lowest BCUT2D eigenvalue weighted by Crippen LogP contribution is -2.55. The molecule has 1 aliphatic carbocycles. The van der Waals surface area contributed by atoms with Gasteiger partial charge < -0.3 is 9.80 Å². The molecular formula is C18H20ClN7O. The van der Waals surface area contributed by atoms with Gasteiger partial charge in [-0.05, 0) is 19.8 Å². The maximum Gasteiger partial charge on any atom is 0.227 e. The van der Waals surface area contributed by atoms with Gasteiger partial charge in [-0.15, -0.1) is 0 Å². The third kappa shape index (κ3) is 3.35. The van der Waals surface area contributed by atoms with Gasteiger partial charge in [-0.1, -0.05) is 11.6 Å². The van der Waals surface area contributed by atoms with E-state index in [0.717, 1.165) is 18.4 Å². The van der Waals surface area contributed by atoms with Crippen molar-refractivity contribution < 1.29 is 4.79 Å². The molecule has 0 spiro atoms. The zero-order valence-corrected chi connectivity index (χ0v) is 16.0. The van der Waals surface area contributed by atoms with Gasteiger partial charge in [0.1, 0.15) is 11.6 Å². The molecule has 0 radical (unpaired) electrons. The van der Waals surface area contributed by atoms with E-state index in [1.165, 1.54) is 0 Å². The molecule has 27 heavy (non-hydrogen) atoms. The van der Waals surface area contributed by atoms with Crippen LogP contribution in [0.5, 0.6) is 0 Å². The van der Waals surface area contributed by atoms with E-state index in [4.69, 9.17) is 11.6 Å². The second kappa shape index (κ2) is 6.82. The summed E-state index contributed by atoms with van der Waals surface area (Å²) in [6, 6.07) is 2.16. The van der Waals surface area contributed by atoms with E-state index in [9.17, 15) is 10.1 Å². The predicted molar refractivity (Wildman–Crippen MR) is 100 cm³/mol. The zero-order chi connectivity index (χ0) is 19.1. The van der Waals surface area contributed by atoms with Crippen molar-refractivity contribution in [2.24, 2.45) is 13.0 Å². The van der Waals surface area contributed by atoms with Gasteiger partial charge in [0.05, 0.1) is 11.9 Å². The van der Waals surface area contributed by atoms with Gasteiger partial charge in [0.25, 0.3) is 0 Å². The molecule has 1 amide bonds. The first-order valence-electron chi connectivity index (χ1n) is 9.00. The molecule has 1 saturated carbocycles. The lowest BCUT2D eigenvalue weighted by atomic mass is 10.1. The monoisotopic (exact) mass is 385 g/mol. The van der Waals surface area contributed by atoms with E-state index in [-0.39, 0.29) is 28.6 Å². The van der Waals surface area contributed by atoms with Crippen molar-refractivity contribution in [3.8, 4) is 17.3 Å². The second-order valence-corrected chi connectivity index (χ2v) is 7.51. The van der Waals surface area contributed by atoms with Crippen LogP contribution in [0.1, 0.15) is 25.3 Å². The normalized spacial score (nSPS) is 19.9. The van der Waals surface area contributed by atoms with Gasteiger partial charge in [0.2, 0.25) is 11.9 Å². The summed E-state index contributed by atoms with van der Waals surface area (Å²) < 4.78 is 1.65. The van der Waals surface area contributed by atoms with Gasteiger partial charge in [0.15, 0.2) is 5.15 Å². The van der Waals surface area contributed by atoms with E-state index in [0.29, 0.717) is 31.3 Å². The van der Waals surface area contributed by atoms with Crippen LogP contribution in [0, 0.1) is 17.2 Å². The quantitative estimate of drug-likeness (QED) is 0.749. The predicted octanol–water partition coefficient (Wildman–Crippen LogP) is 1.85. The lowest BCUT2D eigenvalue weighted by Gasteiger charge is -2.40. The molecule has 1 aliphatic heterocycles. The van der Waals surface area contributed by atoms with Crippen LogP contribution in [-0.2, 0) is 11.8 Å². The molecule has 0 bridgehead atoms. The Kier molecular flexibility index (Phi) is 4.48. The minimum Gasteiger partial charge on any atom is -0.337 e. The third-order valence-electron chi connectivity index (χ3n) is 5.06. The number of amides is 1. The van der Waals surface area contributed by atoms with Crippen LogP contribution < -0.4 is 4.90 Å². The molecule has 2 aromatic rings. The van der Waals surface area contributed by atoms with Crippen molar-refractivity contribution >= 4 is 23.5 Å². The number of piperazine rings is 1. The highest BCUT2D eigenvalue weighted by molar-refractivity contribution is 6.31. The number of hydrogen-bond donors (Lipinski definition) is 0. The van der Waals surface area contributed by atoms with Gasteiger partial charge in [-0.3, -0.25) is 9.48 Å². The molecule has 2 aromatic heterocycles. The Hall–Kier alpha value is -2.66. The minimum atomic E-state index is 0.0757. The minimum absolute atomic E-state index is 0.0757. The van der Waals surface area contributed by atoms with Gasteiger partial charge in [-0.2, -0.15) is 15.3 Å². The summed E-state index contributed by atoms with van der Waals surface area (Å²) >= 11 is 6.28. The number of carbonyl (C=O) groups excluding carboxylic acids is 1. The highest BCUT2D eigenvalue weighted by Crippen LogP contribution is 2.33. The van der Waals surface area contributed by atoms with Crippen molar-refractivity contribution in [2.45, 2.75) is 25.8 Å². The van der Waals surface area contributed by atoms with Crippen molar-refractivity contribution in [3.63, 3.8) is 0 Å². The average molecular weight is 386 g/mol. The van der Waals surface area contributed by atoms with Crippen LogP contribution in [0.3, 0.4) is 0 Å². The molecule has 1 atom stereocenters. The molecule has 0 N–H and O–H groups in total. The first-order chi connectivity index (χ1) is 13.0. The van der Waals surface area contributed by atoms with Crippen LogP contribution in [0.4, 0.5) is 5.95 Å². The number of nitrogens with zero attached hydrogens (tertiary/aromatic N) is 7. The Balaban J connectivity index is 1.62. The molecule has 4 rings (SSSR count). The van der Waals surface area contributed by atoms with Crippen LogP contribution in [-0.4, -0.2) is 56.2 Å². The van der Waals surface area contributed by atoms with E-state index in [1.807, 2.05) is 16.7 Å². The summed E-state index contributed by atoms with van der Waals surface area (Å²) in [6.45, 7) is 3.95. The fraction of sp³-hybridized carbons (Fsp3) is 0.500. The summed E-state index contributed by atoms with van der Waals surface area (Å²) in [5, 5.41) is 13.7. The molecule has 2 aliphatic rings. The lowest BCUT2D eigenvalue weighted by molar-refractivity contribution is -0.134.